The fourth-order valence-electron chi connectivity index (χ4n) is 2.04. The molecule has 92 valence electrons. The molecule has 2 nitrogen and oxygen atoms in total. The Morgan fingerprint density at radius 2 is 2.18 bits per heavy atom. The lowest BCUT2D eigenvalue weighted by Crippen LogP contribution is -2.22. The molecule has 0 unspecified atom stereocenters. The molecule has 0 saturated carbocycles. The number of benzene rings is 1. The van der Waals surface area contributed by atoms with Crippen LogP contribution in [0.2, 0.25) is 0 Å². The second kappa shape index (κ2) is 5.32. The summed E-state index contributed by atoms with van der Waals surface area (Å²) in [6.07, 6.45) is 2.29. The maximum absolute atomic E-state index is 13.6. The van der Waals surface area contributed by atoms with Crippen LogP contribution in [-0.2, 0) is 6.42 Å². The molecule has 2 aromatic rings. The normalized spacial score (nSPS) is 11.5. The third kappa shape index (κ3) is 2.86. The van der Waals surface area contributed by atoms with Crippen LogP contribution in [0.5, 0.6) is 0 Å². The van der Waals surface area contributed by atoms with E-state index in [-0.39, 0.29) is 5.82 Å². The average Bonchev–Trinajstić information content (AvgIpc) is 2.67. The van der Waals surface area contributed by atoms with Gasteiger partial charge in [0, 0.05) is 17.1 Å². The van der Waals surface area contributed by atoms with E-state index in [1.807, 2.05) is 18.2 Å². The van der Waals surface area contributed by atoms with Gasteiger partial charge in [0.1, 0.15) is 5.82 Å². The SMILES string of the molecule is CC(C)CNCCc1cccc2[nH]cc(F)c12. The van der Waals surface area contributed by atoms with Gasteiger partial charge in [0.05, 0.1) is 0 Å². The van der Waals surface area contributed by atoms with E-state index in [0.717, 1.165) is 36.0 Å². The number of hydrogen-bond acceptors (Lipinski definition) is 1. The third-order valence-corrected chi connectivity index (χ3v) is 2.87. The van der Waals surface area contributed by atoms with Gasteiger partial charge in [0.2, 0.25) is 0 Å². The van der Waals surface area contributed by atoms with Crippen molar-refractivity contribution in [2.75, 3.05) is 13.1 Å². The Kier molecular flexibility index (Phi) is 3.79. The lowest BCUT2D eigenvalue weighted by atomic mass is 10.1. The topological polar surface area (TPSA) is 27.8 Å². The van der Waals surface area contributed by atoms with Crippen LogP contribution < -0.4 is 5.32 Å². The van der Waals surface area contributed by atoms with Gasteiger partial charge in [-0.15, -0.1) is 0 Å². The molecule has 0 fully saturated rings. The average molecular weight is 234 g/mol. The molecule has 0 atom stereocenters. The molecule has 0 aliphatic heterocycles. The first kappa shape index (κ1) is 12.1. The highest BCUT2D eigenvalue weighted by Gasteiger charge is 2.07. The van der Waals surface area contributed by atoms with Gasteiger partial charge in [-0.3, -0.25) is 0 Å². The minimum Gasteiger partial charge on any atom is -0.359 e. The zero-order chi connectivity index (χ0) is 12.3. The van der Waals surface area contributed by atoms with Crippen molar-refractivity contribution in [1.29, 1.82) is 0 Å². The number of aromatic amines is 1. The van der Waals surface area contributed by atoms with Crippen LogP contribution in [0.25, 0.3) is 10.9 Å². The largest absolute Gasteiger partial charge is 0.359 e. The Balaban J connectivity index is 2.05. The monoisotopic (exact) mass is 234 g/mol. The Morgan fingerprint density at radius 1 is 1.35 bits per heavy atom. The first-order valence-corrected chi connectivity index (χ1v) is 6.13. The summed E-state index contributed by atoms with van der Waals surface area (Å²) in [5.41, 5.74) is 1.95. The van der Waals surface area contributed by atoms with Crippen molar-refractivity contribution in [2.24, 2.45) is 5.92 Å². The molecule has 1 aromatic carbocycles. The van der Waals surface area contributed by atoms with Crippen LogP contribution in [0.4, 0.5) is 4.39 Å². The summed E-state index contributed by atoms with van der Waals surface area (Å²) in [6.45, 7) is 6.26. The lowest BCUT2D eigenvalue weighted by molar-refractivity contribution is 0.554. The van der Waals surface area contributed by atoms with Crippen LogP contribution in [0.1, 0.15) is 19.4 Å². The molecule has 0 aliphatic rings. The minimum absolute atomic E-state index is 0.153. The molecule has 0 radical (unpaired) electrons. The fraction of sp³-hybridized carbons (Fsp3) is 0.429. The molecule has 3 heteroatoms. The van der Waals surface area contributed by atoms with Crippen LogP contribution in [-0.4, -0.2) is 18.1 Å². The molecule has 2 N–H and O–H groups in total. The summed E-state index contributed by atoms with van der Waals surface area (Å²) < 4.78 is 13.6. The number of nitrogens with one attached hydrogen (secondary N) is 2. The highest BCUT2D eigenvalue weighted by Crippen LogP contribution is 2.21. The first-order valence-electron chi connectivity index (χ1n) is 6.13. The number of aromatic nitrogens is 1. The molecular formula is C14H19FN2. The van der Waals surface area contributed by atoms with E-state index in [1.54, 1.807) is 0 Å². The molecule has 0 aliphatic carbocycles. The van der Waals surface area contributed by atoms with Gasteiger partial charge in [0.25, 0.3) is 0 Å². The fourth-order valence-corrected chi connectivity index (χ4v) is 2.04. The van der Waals surface area contributed by atoms with E-state index in [2.05, 4.69) is 24.1 Å². The summed E-state index contributed by atoms with van der Waals surface area (Å²) in [7, 11) is 0. The Hall–Kier alpha value is -1.35. The van der Waals surface area contributed by atoms with Gasteiger partial charge in [-0.1, -0.05) is 26.0 Å². The van der Waals surface area contributed by atoms with E-state index in [0.29, 0.717) is 5.92 Å². The number of hydrogen-bond donors (Lipinski definition) is 2. The zero-order valence-electron chi connectivity index (χ0n) is 10.4. The minimum atomic E-state index is -0.153. The first-order chi connectivity index (χ1) is 8.18. The van der Waals surface area contributed by atoms with E-state index < -0.39 is 0 Å². The van der Waals surface area contributed by atoms with Crippen LogP contribution >= 0.6 is 0 Å². The van der Waals surface area contributed by atoms with Gasteiger partial charge < -0.3 is 10.3 Å². The van der Waals surface area contributed by atoms with Crippen LogP contribution in [0.15, 0.2) is 24.4 Å². The van der Waals surface area contributed by atoms with E-state index in [9.17, 15) is 4.39 Å². The van der Waals surface area contributed by atoms with Crippen molar-refractivity contribution in [2.45, 2.75) is 20.3 Å². The molecule has 17 heavy (non-hydrogen) atoms. The summed E-state index contributed by atoms with van der Waals surface area (Å²) >= 11 is 0. The van der Waals surface area contributed by atoms with Gasteiger partial charge >= 0.3 is 0 Å². The standard InChI is InChI=1S/C14H19FN2/c1-10(2)8-16-7-6-11-4-3-5-13-14(11)12(15)9-17-13/h3-5,9-10,16-17H,6-8H2,1-2H3. The maximum Gasteiger partial charge on any atom is 0.148 e. The van der Waals surface area contributed by atoms with E-state index in [1.165, 1.54) is 6.20 Å². The van der Waals surface area contributed by atoms with Gasteiger partial charge in [0.15, 0.2) is 0 Å². The molecule has 0 amide bonds. The van der Waals surface area contributed by atoms with Gasteiger partial charge in [-0.2, -0.15) is 0 Å². The maximum atomic E-state index is 13.6. The number of H-pyrrole nitrogens is 1. The Bertz CT molecular complexity index is 488. The van der Waals surface area contributed by atoms with Crippen molar-refractivity contribution < 1.29 is 4.39 Å². The number of fused-ring (bicyclic) bond motifs is 1. The van der Waals surface area contributed by atoms with E-state index >= 15 is 0 Å². The Labute approximate surface area is 101 Å². The third-order valence-electron chi connectivity index (χ3n) is 2.87. The number of rotatable bonds is 5. The molecule has 1 aromatic heterocycles. The zero-order valence-corrected chi connectivity index (χ0v) is 10.4. The molecular weight excluding hydrogens is 215 g/mol. The quantitative estimate of drug-likeness (QED) is 0.764. The summed E-state index contributed by atoms with van der Waals surface area (Å²) in [5.74, 6) is 0.495. The molecule has 0 bridgehead atoms. The summed E-state index contributed by atoms with van der Waals surface area (Å²) in [5, 5.41) is 4.11. The molecule has 2 rings (SSSR count). The smallest absolute Gasteiger partial charge is 0.148 e. The van der Waals surface area contributed by atoms with Crippen molar-refractivity contribution in [3.8, 4) is 0 Å². The number of halogens is 1. The molecule has 0 spiro atoms. The van der Waals surface area contributed by atoms with Crippen molar-refractivity contribution in [3.05, 3.63) is 35.8 Å². The molecule has 1 heterocycles. The summed E-state index contributed by atoms with van der Waals surface area (Å²) in [6, 6.07) is 5.87. The second-order valence-electron chi connectivity index (χ2n) is 4.82. The molecule has 0 saturated heterocycles. The predicted octanol–water partition coefficient (Wildman–Crippen LogP) is 3.10. The van der Waals surface area contributed by atoms with Crippen LogP contribution in [0, 0.1) is 11.7 Å². The Morgan fingerprint density at radius 3 is 2.94 bits per heavy atom. The van der Waals surface area contributed by atoms with Crippen molar-refractivity contribution in [1.82, 2.24) is 10.3 Å². The predicted molar refractivity (Wildman–Crippen MR) is 69.7 cm³/mol. The highest BCUT2D eigenvalue weighted by molar-refractivity contribution is 5.83. The summed E-state index contributed by atoms with van der Waals surface area (Å²) in [4.78, 5) is 2.94. The van der Waals surface area contributed by atoms with Crippen molar-refractivity contribution in [3.63, 3.8) is 0 Å². The van der Waals surface area contributed by atoms with Gasteiger partial charge in [-0.05, 0) is 37.1 Å². The highest BCUT2D eigenvalue weighted by atomic mass is 19.1. The van der Waals surface area contributed by atoms with E-state index in [4.69, 9.17) is 0 Å². The van der Waals surface area contributed by atoms with Crippen molar-refractivity contribution >= 4 is 10.9 Å². The van der Waals surface area contributed by atoms with Gasteiger partial charge in [-0.25, -0.2) is 4.39 Å². The lowest BCUT2D eigenvalue weighted by Gasteiger charge is -2.08. The van der Waals surface area contributed by atoms with Crippen LogP contribution in [0.3, 0.4) is 0 Å². The second-order valence-corrected chi connectivity index (χ2v) is 4.82.